The first-order valence-corrected chi connectivity index (χ1v) is 17.7. The third-order valence-electron chi connectivity index (χ3n) is 5.82. The first-order valence-electron chi connectivity index (χ1n) is 11.6. The van der Waals surface area contributed by atoms with E-state index in [-0.39, 0.29) is 0 Å². The van der Waals surface area contributed by atoms with Gasteiger partial charge in [-0.2, -0.15) is 0 Å². The molecule has 0 bridgehead atoms. The molecule has 5 rings (SSSR count). The Morgan fingerprint density at radius 3 is 1.27 bits per heavy atom. The van der Waals surface area contributed by atoms with Crippen molar-refractivity contribution in [1.29, 1.82) is 0 Å². The summed E-state index contributed by atoms with van der Waals surface area (Å²) >= 11 is 0. The Kier molecular flexibility index (Phi) is 9.73. The summed E-state index contributed by atoms with van der Waals surface area (Å²) in [6.07, 6.45) is 1.03. The fourth-order valence-corrected chi connectivity index (χ4v) is 3.95. The molecule has 0 N–H and O–H groups in total. The van der Waals surface area contributed by atoms with Gasteiger partial charge in [0.25, 0.3) is 0 Å². The van der Waals surface area contributed by atoms with Crippen LogP contribution in [-0.4, -0.2) is 0 Å². The van der Waals surface area contributed by atoms with Crippen LogP contribution < -0.4 is 0 Å². The van der Waals surface area contributed by atoms with Gasteiger partial charge in [-0.1, -0.05) is 91.9 Å². The number of halogens is 4. The zero-order valence-corrected chi connectivity index (χ0v) is 24.2. The van der Waals surface area contributed by atoms with Crippen LogP contribution in [0.2, 0.25) is 0 Å². The molecule has 0 aliphatic heterocycles. The van der Waals surface area contributed by atoms with Crippen LogP contribution in [0.25, 0.3) is 44.9 Å². The summed E-state index contributed by atoms with van der Waals surface area (Å²) in [4.78, 5) is 0. The molecule has 6 heteroatoms. The molecule has 0 atom stereocenters. The Hall–Kier alpha value is -2.29. The van der Waals surface area contributed by atoms with E-state index in [1.807, 2.05) is 12.1 Å². The van der Waals surface area contributed by atoms with E-state index in [1.165, 1.54) is 22.3 Å². The van der Waals surface area contributed by atoms with E-state index >= 15 is 0 Å². The fraction of sp³-hybridized carbons (Fsp3) is 0.0645. The number of benzene rings is 4. The molecule has 5 aromatic rings. The van der Waals surface area contributed by atoms with E-state index in [2.05, 4.69) is 116 Å². The van der Waals surface area contributed by atoms with Crippen molar-refractivity contribution in [1.82, 2.24) is 0 Å². The van der Waals surface area contributed by atoms with Crippen LogP contribution in [0.4, 0.5) is 0 Å². The molecule has 0 fully saturated rings. The van der Waals surface area contributed by atoms with Crippen LogP contribution in [-0.2, 0) is 15.6 Å². The van der Waals surface area contributed by atoms with Gasteiger partial charge in [-0.25, -0.2) is 4.42 Å². The van der Waals surface area contributed by atoms with Gasteiger partial charge >= 0.3 is 61.1 Å². The Labute approximate surface area is 237 Å². The van der Waals surface area contributed by atoms with Gasteiger partial charge in [0.1, 0.15) is 0 Å². The maximum atomic E-state index is 6.43. The first-order chi connectivity index (χ1) is 17.8. The molecule has 4 aromatic carbocycles. The standard InChI is InChI=1S/C31H25O.4ClH.Fe/c1-2-23-13-15-27(16-14-23)30-21-29(25-11-7-4-8-12-25)22-31(32-30)28-19-17-26(18-20-28)24-9-5-3-6-10-24;;;;;/h3-22H,2H2,1H3;4*1H;/q+1;;;;;+3/p-4. The molecular formula is C31H25Cl4FeO. The first kappa shape index (κ1) is 27.7. The summed E-state index contributed by atoms with van der Waals surface area (Å²) in [6, 6.07) is 42.4. The van der Waals surface area contributed by atoms with Gasteiger partial charge in [0.15, 0.2) is 0 Å². The molecule has 0 aliphatic carbocycles. The zero-order chi connectivity index (χ0) is 26.3. The maximum absolute atomic E-state index is 6.43. The van der Waals surface area contributed by atoms with Crippen LogP contribution in [0, 0.1) is 0 Å². The summed E-state index contributed by atoms with van der Waals surface area (Å²) < 4.78 is 6.43. The molecule has 1 heterocycles. The molecule has 0 spiro atoms. The topological polar surface area (TPSA) is 11.3 Å². The molecule has 0 saturated carbocycles. The van der Waals surface area contributed by atoms with Gasteiger partial charge in [0.2, 0.25) is 0 Å². The van der Waals surface area contributed by atoms with Gasteiger partial charge in [0, 0.05) is 5.56 Å². The van der Waals surface area contributed by atoms with Crippen molar-refractivity contribution in [3.05, 3.63) is 127 Å². The van der Waals surface area contributed by atoms with Gasteiger partial charge in [-0.15, -0.1) is 0 Å². The molecular weight excluding hydrogens is 586 g/mol. The Morgan fingerprint density at radius 1 is 0.486 bits per heavy atom. The van der Waals surface area contributed by atoms with E-state index in [0.717, 1.165) is 34.6 Å². The van der Waals surface area contributed by atoms with Crippen molar-refractivity contribution in [3.8, 4) is 44.9 Å². The molecule has 1 aromatic heterocycles. The van der Waals surface area contributed by atoms with Gasteiger partial charge < -0.3 is 0 Å². The summed E-state index contributed by atoms with van der Waals surface area (Å²) in [5.41, 5.74) is 8.21. The van der Waals surface area contributed by atoms with E-state index in [1.54, 1.807) is 0 Å². The summed E-state index contributed by atoms with van der Waals surface area (Å²) in [7, 11) is 17.2. The van der Waals surface area contributed by atoms with Gasteiger partial charge in [-0.05, 0) is 52.9 Å². The molecule has 0 saturated heterocycles. The van der Waals surface area contributed by atoms with Crippen LogP contribution in [0.3, 0.4) is 0 Å². The Morgan fingerprint density at radius 2 is 0.838 bits per heavy atom. The number of rotatable bonds is 5. The number of hydrogen-bond donors (Lipinski definition) is 0. The third kappa shape index (κ3) is 8.35. The van der Waals surface area contributed by atoms with E-state index in [0.29, 0.717) is 0 Å². The second kappa shape index (κ2) is 13.0. The van der Waals surface area contributed by atoms with E-state index < -0.39 is 9.20 Å². The SMILES string of the molecule is CCc1ccc(-c2cc(-c3ccccc3)cc(-c3ccc(-c4ccccc4)cc3)[o+]2)cc1.[Cl][Fe-]([Cl])([Cl])[Cl]. The van der Waals surface area contributed by atoms with Crippen molar-refractivity contribution in [3.63, 3.8) is 0 Å². The van der Waals surface area contributed by atoms with Gasteiger partial charge in [-0.3, -0.25) is 0 Å². The summed E-state index contributed by atoms with van der Waals surface area (Å²) in [5.74, 6) is 1.73. The normalized spacial score (nSPS) is 11.4. The summed E-state index contributed by atoms with van der Waals surface area (Å²) in [6.45, 7) is 2.17. The molecule has 0 radical (unpaired) electrons. The van der Waals surface area contributed by atoms with Crippen molar-refractivity contribution in [2.24, 2.45) is 0 Å². The monoisotopic (exact) mass is 609 g/mol. The van der Waals surface area contributed by atoms with Gasteiger partial charge in [0.05, 0.1) is 23.3 Å². The Balaban J connectivity index is 0.000000586. The van der Waals surface area contributed by atoms with Crippen molar-refractivity contribution in [2.45, 2.75) is 13.3 Å². The number of hydrogen-bond acceptors (Lipinski definition) is 0. The van der Waals surface area contributed by atoms with Crippen LogP contribution in [0.5, 0.6) is 0 Å². The van der Waals surface area contributed by atoms with Crippen LogP contribution in [0.1, 0.15) is 12.5 Å². The molecule has 191 valence electrons. The molecule has 0 amide bonds. The predicted molar refractivity (Wildman–Crippen MR) is 158 cm³/mol. The minimum absolute atomic E-state index is 0.862. The minimum atomic E-state index is -2.61. The average Bonchev–Trinajstić information content (AvgIpc) is 2.93. The molecule has 0 unspecified atom stereocenters. The van der Waals surface area contributed by atoms with Crippen molar-refractivity contribution < 1.29 is 13.6 Å². The second-order valence-electron chi connectivity index (χ2n) is 8.24. The molecule has 37 heavy (non-hydrogen) atoms. The van der Waals surface area contributed by atoms with Crippen molar-refractivity contribution in [2.75, 3.05) is 0 Å². The number of aryl methyl sites for hydroxylation is 1. The van der Waals surface area contributed by atoms with E-state index in [4.69, 9.17) is 44.8 Å². The second-order valence-corrected chi connectivity index (χ2v) is 19.2. The quantitative estimate of drug-likeness (QED) is 0.142. The zero-order valence-electron chi connectivity index (χ0n) is 20.0. The molecule has 1 nitrogen and oxygen atoms in total. The van der Waals surface area contributed by atoms with E-state index in [9.17, 15) is 0 Å². The molecule has 0 aliphatic rings. The summed E-state index contributed by atoms with van der Waals surface area (Å²) in [5, 5.41) is 0. The van der Waals surface area contributed by atoms with Crippen molar-refractivity contribution >= 4 is 40.4 Å². The Bertz CT molecular complexity index is 1410. The van der Waals surface area contributed by atoms with Crippen LogP contribution in [0.15, 0.2) is 126 Å². The fourth-order valence-electron chi connectivity index (χ4n) is 3.95. The predicted octanol–water partition coefficient (Wildman–Crippen LogP) is 11.5. The average molecular weight is 611 g/mol. The van der Waals surface area contributed by atoms with Crippen LogP contribution >= 0.6 is 40.4 Å². The third-order valence-corrected chi connectivity index (χ3v) is 5.82.